The molecule has 1 fully saturated rings. The molecule has 3 nitrogen and oxygen atoms in total. The molecule has 100 valence electrons. The summed E-state index contributed by atoms with van der Waals surface area (Å²) in [4.78, 5) is 10.4. The fourth-order valence-corrected chi connectivity index (χ4v) is 2.90. The first-order valence-corrected chi connectivity index (χ1v) is 7.06. The Labute approximate surface area is 105 Å². The quantitative estimate of drug-likeness (QED) is 0.674. The fourth-order valence-electron chi connectivity index (χ4n) is 2.90. The summed E-state index contributed by atoms with van der Waals surface area (Å²) in [5.74, 6) is 0.887. The number of aliphatic carboxylic acids is 1. The van der Waals surface area contributed by atoms with Crippen LogP contribution in [0, 0.1) is 11.8 Å². The first-order valence-electron chi connectivity index (χ1n) is 7.06. The molecular weight excluding hydrogens is 214 g/mol. The van der Waals surface area contributed by atoms with E-state index >= 15 is 0 Å². The molecule has 2 N–H and O–H groups in total. The van der Waals surface area contributed by atoms with Crippen LogP contribution >= 0.6 is 0 Å². The molecule has 0 amide bonds. The molecular formula is C14H27NO2. The fraction of sp³-hybridized carbons (Fsp3) is 0.929. The molecule has 0 aromatic rings. The van der Waals surface area contributed by atoms with Crippen molar-refractivity contribution in [2.75, 3.05) is 6.54 Å². The van der Waals surface area contributed by atoms with Crippen LogP contribution in [0.5, 0.6) is 0 Å². The van der Waals surface area contributed by atoms with Crippen LogP contribution in [0.2, 0.25) is 0 Å². The van der Waals surface area contributed by atoms with Crippen LogP contribution in [-0.4, -0.2) is 23.7 Å². The van der Waals surface area contributed by atoms with E-state index in [2.05, 4.69) is 19.2 Å². The first-order chi connectivity index (χ1) is 8.11. The molecule has 1 aliphatic carbocycles. The molecule has 0 aliphatic heterocycles. The summed E-state index contributed by atoms with van der Waals surface area (Å²) in [6.45, 7) is 5.60. The number of hydrogen-bond acceptors (Lipinski definition) is 2. The number of rotatable bonds is 7. The van der Waals surface area contributed by atoms with Gasteiger partial charge < -0.3 is 10.4 Å². The zero-order chi connectivity index (χ0) is 12.7. The maximum absolute atomic E-state index is 10.4. The Balaban J connectivity index is 2.17. The van der Waals surface area contributed by atoms with E-state index in [1.807, 2.05) is 0 Å². The van der Waals surface area contributed by atoms with Crippen molar-refractivity contribution in [3.63, 3.8) is 0 Å². The lowest BCUT2D eigenvalue weighted by molar-refractivity contribution is -0.137. The van der Waals surface area contributed by atoms with Crippen LogP contribution in [-0.2, 0) is 4.79 Å². The molecule has 0 radical (unpaired) electrons. The summed E-state index contributed by atoms with van der Waals surface area (Å²) in [7, 11) is 0. The molecule has 3 heteroatoms. The van der Waals surface area contributed by atoms with Crippen LogP contribution in [0.4, 0.5) is 0 Å². The van der Waals surface area contributed by atoms with Crippen LogP contribution in [0.15, 0.2) is 0 Å². The highest BCUT2D eigenvalue weighted by Gasteiger charge is 2.26. The van der Waals surface area contributed by atoms with Gasteiger partial charge in [-0.25, -0.2) is 0 Å². The Morgan fingerprint density at radius 2 is 2.00 bits per heavy atom. The van der Waals surface area contributed by atoms with Crippen molar-refractivity contribution in [1.29, 1.82) is 0 Å². The highest BCUT2D eigenvalue weighted by molar-refractivity contribution is 5.66. The second kappa shape index (κ2) is 7.70. The standard InChI is InChI=1S/C14H27NO2/c1-11(2)12-7-3-4-8-13(12)15-10-6-5-9-14(16)17/h11-13,15H,3-10H2,1-2H3,(H,16,17). The smallest absolute Gasteiger partial charge is 0.303 e. The van der Waals surface area contributed by atoms with E-state index in [0.717, 1.165) is 31.2 Å². The Bertz CT molecular complexity index is 228. The monoisotopic (exact) mass is 241 g/mol. The van der Waals surface area contributed by atoms with E-state index < -0.39 is 5.97 Å². The van der Waals surface area contributed by atoms with Gasteiger partial charge in [0.2, 0.25) is 0 Å². The van der Waals surface area contributed by atoms with Crippen molar-refractivity contribution in [3.8, 4) is 0 Å². The van der Waals surface area contributed by atoms with Crippen molar-refractivity contribution in [2.45, 2.75) is 64.8 Å². The van der Waals surface area contributed by atoms with Crippen molar-refractivity contribution in [2.24, 2.45) is 11.8 Å². The van der Waals surface area contributed by atoms with E-state index in [1.54, 1.807) is 0 Å². The third-order valence-corrected chi connectivity index (χ3v) is 3.90. The molecule has 2 atom stereocenters. The molecule has 1 rings (SSSR count). The normalized spacial score (nSPS) is 25.1. The van der Waals surface area contributed by atoms with Crippen molar-refractivity contribution in [3.05, 3.63) is 0 Å². The predicted octanol–water partition coefficient (Wildman–Crippen LogP) is 3.05. The third kappa shape index (κ3) is 5.53. The van der Waals surface area contributed by atoms with Gasteiger partial charge in [0.1, 0.15) is 0 Å². The molecule has 1 saturated carbocycles. The van der Waals surface area contributed by atoms with Gasteiger partial charge in [0.05, 0.1) is 0 Å². The number of hydrogen-bond donors (Lipinski definition) is 2. The summed E-state index contributed by atoms with van der Waals surface area (Å²) in [5, 5.41) is 12.2. The average molecular weight is 241 g/mol. The summed E-state index contributed by atoms with van der Waals surface area (Å²) < 4.78 is 0. The minimum absolute atomic E-state index is 0.306. The summed E-state index contributed by atoms with van der Waals surface area (Å²) in [6.07, 6.45) is 7.44. The van der Waals surface area contributed by atoms with Crippen LogP contribution in [0.1, 0.15) is 58.8 Å². The minimum Gasteiger partial charge on any atom is -0.481 e. The molecule has 0 saturated heterocycles. The van der Waals surface area contributed by atoms with Crippen LogP contribution < -0.4 is 5.32 Å². The van der Waals surface area contributed by atoms with Gasteiger partial charge in [-0.2, -0.15) is 0 Å². The lowest BCUT2D eigenvalue weighted by atomic mass is 9.78. The average Bonchev–Trinajstić information content (AvgIpc) is 2.28. The molecule has 0 spiro atoms. The third-order valence-electron chi connectivity index (χ3n) is 3.90. The molecule has 0 bridgehead atoms. The van der Waals surface area contributed by atoms with Gasteiger partial charge in [0, 0.05) is 12.5 Å². The van der Waals surface area contributed by atoms with E-state index in [0.29, 0.717) is 12.5 Å². The summed E-state index contributed by atoms with van der Waals surface area (Å²) >= 11 is 0. The van der Waals surface area contributed by atoms with Crippen LogP contribution in [0.3, 0.4) is 0 Å². The molecule has 0 aromatic carbocycles. The van der Waals surface area contributed by atoms with Gasteiger partial charge >= 0.3 is 5.97 Å². The zero-order valence-corrected chi connectivity index (χ0v) is 11.2. The van der Waals surface area contributed by atoms with E-state index in [-0.39, 0.29) is 0 Å². The van der Waals surface area contributed by atoms with Crippen LogP contribution in [0.25, 0.3) is 0 Å². The lowest BCUT2D eigenvalue weighted by Crippen LogP contribution is -2.41. The Morgan fingerprint density at radius 3 is 2.65 bits per heavy atom. The zero-order valence-electron chi connectivity index (χ0n) is 11.2. The van der Waals surface area contributed by atoms with E-state index in [4.69, 9.17) is 5.11 Å². The van der Waals surface area contributed by atoms with Gasteiger partial charge in [0.15, 0.2) is 0 Å². The SMILES string of the molecule is CC(C)C1CCCCC1NCCCCC(=O)O. The molecule has 1 aliphatic rings. The van der Waals surface area contributed by atoms with Crippen molar-refractivity contribution < 1.29 is 9.90 Å². The van der Waals surface area contributed by atoms with Crippen molar-refractivity contribution >= 4 is 5.97 Å². The number of carbonyl (C=O) groups is 1. The van der Waals surface area contributed by atoms with Gasteiger partial charge in [-0.3, -0.25) is 4.79 Å². The number of carboxylic acid groups (broad SMARTS) is 1. The van der Waals surface area contributed by atoms with Gasteiger partial charge in [-0.15, -0.1) is 0 Å². The van der Waals surface area contributed by atoms with Gasteiger partial charge in [0.25, 0.3) is 0 Å². The Hall–Kier alpha value is -0.570. The number of carboxylic acids is 1. The maximum Gasteiger partial charge on any atom is 0.303 e. The summed E-state index contributed by atoms with van der Waals surface area (Å²) in [6, 6.07) is 0.661. The summed E-state index contributed by atoms with van der Waals surface area (Å²) in [5.41, 5.74) is 0. The Kier molecular flexibility index (Phi) is 6.56. The topological polar surface area (TPSA) is 49.3 Å². The number of unbranched alkanes of at least 4 members (excludes halogenated alkanes) is 1. The molecule has 17 heavy (non-hydrogen) atoms. The minimum atomic E-state index is -0.678. The maximum atomic E-state index is 10.4. The number of nitrogens with one attached hydrogen (secondary N) is 1. The highest BCUT2D eigenvalue weighted by atomic mass is 16.4. The Morgan fingerprint density at radius 1 is 1.29 bits per heavy atom. The van der Waals surface area contributed by atoms with Gasteiger partial charge in [-0.1, -0.05) is 26.7 Å². The predicted molar refractivity (Wildman–Crippen MR) is 70.1 cm³/mol. The highest BCUT2D eigenvalue weighted by Crippen LogP contribution is 2.30. The molecule has 2 unspecified atom stereocenters. The van der Waals surface area contributed by atoms with E-state index in [9.17, 15) is 4.79 Å². The van der Waals surface area contributed by atoms with Gasteiger partial charge in [-0.05, 0) is 44.1 Å². The lowest BCUT2D eigenvalue weighted by Gasteiger charge is -2.35. The second-order valence-corrected chi connectivity index (χ2v) is 5.60. The largest absolute Gasteiger partial charge is 0.481 e. The molecule has 0 aromatic heterocycles. The second-order valence-electron chi connectivity index (χ2n) is 5.60. The molecule has 0 heterocycles. The van der Waals surface area contributed by atoms with E-state index in [1.165, 1.54) is 25.7 Å². The first kappa shape index (κ1) is 14.5. The van der Waals surface area contributed by atoms with Crippen molar-refractivity contribution in [1.82, 2.24) is 5.32 Å².